The maximum absolute atomic E-state index is 12.9. The van der Waals surface area contributed by atoms with E-state index in [1.165, 1.54) is 23.0 Å². The molecule has 0 bridgehead atoms. The van der Waals surface area contributed by atoms with Crippen molar-refractivity contribution in [2.24, 2.45) is 0 Å². The molecule has 2 aromatic carbocycles. The molecule has 0 saturated carbocycles. The summed E-state index contributed by atoms with van der Waals surface area (Å²) in [6.45, 7) is 0.197. The van der Waals surface area contributed by atoms with Crippen molar-refractivity contribution in [3.05, 3.63) is 87.3 Å². The van der Waals surface area contributed by atoms with E-state index in [4.69, 9.17) is 11.6 Å². The summed E-state index contributed by atoms with van der Waals surface area (Å²) in [4.78, 5) is 12.7. The third-order valence-corrected chi connectivity index (χ3v) is 3.94. The monoisotopic (exact) mass is 364 g/mol. The lowest BCUT2D eigenvalue weighted by Gasteiger charge is -2.11. The first-order chi connectivity index (χ1) is 11.9. The van der Waals surface area contributed by atoms with E-state index in [9.17, 15) is 18.0 Å². The first-order valence-electron chi connectivity index (χ1n) is 7.33. The molecule has 25 heavy (non-hydrogen) atoms. The van der Waals surface area contributed by atoms with E-state index >= 15 is 0 Å². The summed E-state index contributed by atoms with van der Waals surface area (Å²) in [5, 5.41) is 3.99. The van der Waals surface area contributed by atoms with Crippen molar-refractivity contribution in [3.63, 3.8) is 0 Å². The van der Waals surface area contributed by atoms with Crippen LogP contribution in [0.5, 0.6) is 0 Å². The minimum Gasteiger partial charge on any atom is -0.267 e. The maximum atomic E-state index is 12.9. The Morgan fingerprint density at radius 3 is 2.44 bits per heavy atom. The Balaban J connectivity index is 2.08. The number of hydrogen-bond donors (Lipinski definition) is 0. The van der Waals surface area contributed by atoms with Gasteiger partial charge in [-0.3, -0.25) is 4.79 Å². The molecular formula is C18H12ClF3N2O. The van der Waals surface area contributed by atoms with Gasteiger partial charge in [-0.1, -0.05) is 54.1 Å². The second-order valence-corrected chi connectivity index (χ2v) is 5.80. The van der Waals surface area contributed by atoms with Crippen molar-refractivity contribution < 1.29 is 13.2 Å². The van der Waals surface area contributed by atoms with Gasteiger partial charge in [-0.2, -0.15) is 18.3 Å². The molecule has 0 aliphatic rings. The summed E-state index contributed by atoms with van der Waals surface area (Å²) in [6.07, 6.45) is -3.24. The van der Waals surface area contributed by atoms with E-state index in [2.05, 4.69) is 5.10 Å². The van der Waals surface area contributed by atoms with Crippen LogP contribution < -0.4 is 5.56 Å². The third kappa shape index (κ3) is 3.74. The molecule has 0 saturated heterocycles. The van der Waals surface area contributed by atoms with Crippen molar-refractivity contribution in [1.82, 2.24) is 9.78 Å². The number of nitrogens with zero attached hydrogens (tertiary/aromatic N) is 2. The molecule has 7 heteroatoms. The lowest BCUT2D eigenvalue weighted by molar-refractivity contribution is -0.137. The molecule has 128 valence electrons. The highest BCUT2D eigenvalue weighted by molar-refractivity contribution is 6.33. The fraction of sp³-hybridized carbons (Fsp3) is 0.111. The van der Waals surface area contributed by atoms with Crippen LogP contribution >= 0.6 is 11.6 Å². The van der Waals surface area contributed by atoms with E-state index in [1.54, 1.807) is 0 Å². The van der Waals surface area contributed by atoms with Crippen LogP contribution in [0.1, 0.15) is 11.1 Å². The molecule has 3 rings (SSSR count). The van der Waals surface area contributed by atoms with Gasteiger partial charge in [0, 0.05) is 0 Å². The number of halogens is 4. The first-order valence-corrected chi connectivity index (χ1v) is 7.71. The molecule has 0 unspecified atom stereocenters. The van der Waals surface area contributed by atoms with Gasteiger partial charge in [0.15, 0.2) is 0 Å². The number of hydrogen-bond acceptors (Lipinski definition) is 2. The molecule has 0 amide bonds. The van der Waals surface area contributed by atoms with Crippen LogP contribution in [0.3, 0.4) is 0 Å². The van der Waals surface area contributed by atoms with Gasteiger partial charge in [-0.15, -0.1) is 0 Å². The normalized spacial score (nSPS) is 11.5. The molecule has 0 atom stereocenters. The van der Waals surface area contributed by atoms with E-state index < -0.39 is 17.3 Å². The second-order valence-electron chi connectivity index (χ2n) is 5.39. The SMILES string of the molecule is O=c1c(-c2cccc(C(F)(F)F)c2)c(Cl)cnn1Cc1ccccc1. The Kier molecular flexibility index (Phi) is 4.63. The Hall–Kier alpha value is -2.60. The minimum absolute atomic E-state index is 0.00121. The van der Waals surface area contributed by atoms with Gasteiger partial charge in [0.05, 0.1) is 28.9 Å². The van der Waals surface area contributed by atoms with Gasteiger partial charge in [0.1, 0.15) is 0 Å². The fourth-order valence-electron chi connectivity index (χ4n) is 2.45. The van der Waals surface area contributed by atoms with Crippen LogP contribution in [0.2, 0.25) is 5.02 Å². The van der Waals surface area contributed by atoms with Crippen molar-refractivity contribution in [1.29, 1.82) is 0 Å². The highest BCUT2D eigenvalue weighted by Gasteiger charge is 2.30. The van der Waals surface area contributed by atoms with E-state index in [0.717, 1.165) is 17.7 Å². The fourth-order valence-corrected chi connectivity index (χ4v) is 2.68. The minimum atomic E-state index is -4.50. The molecule has 3 nitrogen and oxygen atoms in total. The standard InChI is InChI=1S/C18H12ClF3N2O/c19-15-10-23-24(11-12-5-2-1-3-6-12)17(25)16(15)13-7-4-8-14(9-13)18(20,21)22/h1-10H,11H2. The van der Waals surface area contributed by atoms with Crippen molar-refractivity contribution in [2.45, 2.75) is 12.7 Å². The quantitative estimate of drug-likeness (QED) is 0.679. The average Bonchev–Trinajstić information content (AvgIpc) is 2.58. The zero-order valence-corrected chi connectivity index (χ0v) is 13.6. The van der Waals surface area contributed by atoms with E-state index in [-0.39, 0.29) is 22.7 Å². The molecule has 0 fully saturated rings. The smallest absolute Gasteiger partial charge is 0.267 e. The van der Waals surface area contributed by atoms with Gasteiger partial charge in [-0.05, 0) is 23.3 Å². The van der Waals surface area contributed by atoms with Gasteiger partial charge >= 0.3 is 6.18 Å². The van der Waals surface area contributed by atoms with Gasteiger partial charge in [0.25, 0.3) is 5.56 Å². The number of aromatic nitrogens is 2. The predicted octanol–water partition coefficient (Wildman–Crippen LogP) is 4.63. The molecule has 3 aromatic rings. The molecular weight excluding hydrogens is 353 g/mol. The highest BCUT2D eigenvalue weighted by atomic mass is 35.5. The van der Waals surface area contributed by atoms with Gasteiger partial charge in [-0.25, -0.2) is 4.68 Å². The number of rotatable bonds is 3. The summed E-state index contributed by atoms with van der Waals surface area (Å²) in [5.74, 6) is 0. The predicted molar refractivity (Wildman–Crippen MR) is 89.5 cm³/mol. The maximum Gasteiger partial charge on any atom is 0.416 e. The Labute approximate surface area is 146 Å². The van der Waals surface area contributed by atoms with E-state index in [1.807, 2.05) is 30.3 Å². The topological polar surface area (TPSA) is 34.9 Å². The van der Waals surface area contributed by atoms with Gasteiger partial charge < -0.3 is 0 Å². The zero-order chi connectivity index (χ0) is 18.0. The van der Waals surface area contributed by atoms with Crippen molar-refractivity contribution in [3.8, 4) is 11.1 Å². The summed E-state index contributed by atoms with van der Waals surface area (Å²) < 4.78 is 39.9. The first kappa shape index (κ1) is 17.2. The lowest BCUT2D eigenvalue weighted by atomic mass is 10.0. The third-order valence-electron chi connectivity index (χ3n) is 3.65. The number of alkyl halides is 3. The number of benzene rings is 2. The molecule has 1 aromatic heterocycles. The van der Waals surface area contributed by atoms with Crippen molar-refractivity contribution >= 4 is 11.6 Å². The largest absolute Gasteiger partial charge is 0.416 e. The Bertz CT molecular complexity index is 953. The van der Waals surface area contributed by atoms with Crippen LogP contribution in [-0.2, 0) is 12.7 Å². The zero-order valence-electron chi connectivity index (χ0n) is 12.8. The van der Waals surface area contributed by atoms with Crippen LogP contribution in [0.25, 0.3) is 11.1 Å². The molecule has 0 radical (unpaired) electrons. The summed E-state index contributed by atoms with van der Waals surface area (Å²) >= 11 is 6.05. The molecule has 1 heterocycles. The summed E-state index contributed by atoms with van der Waals surface area (Å²) in [7, 11) is 0. The van der Waals surface area contributed by atoms with Crippen molar-refractivity contribution in [2.75, 3.05) is 0 Å². The van der Waals surface area contributed by atoms with Crippen LogP contribution in [0, 0.1) is 0 Å². The molecule has 0 spiro atoms. The Morgan fingerprint density at radius 1 is 1.04 bits per heavy atom. The molecule has 0 N–H and O–H groups in total. The van der Waals surface area contributed by atoms with Crippen LogP contribution in [-0.4, -0.2) is 9.78 Å². The van der Waals surface area contributed by atoms with Crippen LogP contribution in [0.15, 0.2) is 65.6 Å². The van der Waals surface area contributed by atoms with E-state index in [0.29, 0.717) is 0 Å². The second kappa shape index (κ2) is 6.72. The Morgan fingerprint density at radius 2 is 1.76 bits per heavy atom. The van der Waals surface area contributed by atoms with Gasteiger partial charge in [0.2, 0.25) is 0 Å². The summed E-state index contributed by atoms with van der Waals surface area (Å²) in [5.41, 5.74) is -0.440. The van der Waals surface area contributed by atoms with Crippen LogP contribution in [0.4, 0.5) is 13.2 Å². The summed E-state index contributed by atoms with van der Waals surface area (Å²) in [6, 6.07) is 13.7. The molecule has 0 aliphatic carbocycles. The highest BCUT2D eigenvalue weighted by Crippen LogP contribution is 2.32. The molecule has 0 aliphatic heterocycles. The average molecular weight is 365 g/mol. The lowest BCUT2D eigenvalue weighted by Crippen LogP contribution is -2.25.